The minimum atomic E-state index is -0.512. The molecule has 1 aliphatic heterocycles. The molecule has 1 N–H and O–H groups in total. The van der Waals surface area contributed by atoms with Crippen molar-refractivity contribution >= 4 is 17.3 Å². The van der Waals surface area contributed by atoms with Gasteiger partial charge in [0.1, 0.15) is 11.6 Å². The average Bonchev–Trinajstić information content (AvgIpc) is 3.29. The highest BCUT2D eigenvalue weighted by Crippen LogP contribution is 2.39. The number of carbonyl (C=O) groups is 1. The largest absolute Gasteiger partial charge is 0.473 e. The van der Waals surface area contributed by atoms with E-state index in [1.54, 1.807) is 34.8 Å². The first-order valence-corrected chi connectivity index (χ1v) is 10.9. The first-order valence-electron chi connectivity index (χ1n) is 10.9. The number of benzene rings is 2. The van der Waals surface area contributed by atoms with Crippen LogP contribution in [0.15, 0.2) is 54.9 Å². The first-order chi connectivity index (χ1) is 15.7. The van der Waals surface area contributed by atoms with Crippen LogP contribution in [0.25, 0.3) is 11.1 Å². The van der Waals surface area contributed by atoms with Crippen molar-refractivity contribution in [2.75, 3.05) is 29.7 Å². The lowest BCUT2D eigenvalue weighted by Gasteiger charge is -2.41. The number of fused-ring (bicyclic) bond motifs is 1. The molecule has 1 atom stereocenters. The third kappa shape index (κ3) is 4.57. The van der Waals surface area contributed by atoms with Crippen LogP contribution in [0.3, 0.4) is 0 Å². The van der Waals surface area contributed by atoms with E-state index in [0.717, 1.165) is 22.5 Å². The molecule has 8 heteroatoms. The molecular formula is C25H29FN4O3. The van der Waals surface area contributed by atoms with Crippen LogP contribution in [-0.2, 0) is 10.3 Å². The van der Waals surface area contributed by atoms with Crippen molar-refractivity contribution in [1.82, 2.24) is 9.78 Å². The Kier molecular flexibility index (Phi) is 6.12. The van der Waals surface area contributed by atoms with Crippen LogP contribution in [-0.4, -0.2) is 46.7 Å². The van der Waals surface area contributed by atoms with Crippen molar-refractivity contribution in [1.29, 1.82) is 0 Å². The number of anilines is 2. The van der Waals surface area contributed by atoms with E-state index >= 15 is 0 Å². The SMILES string of the molecule is CC(=O)N1c2ccc(-c3cnn(C(C)(C)CO)c3)cc2N(COc2ccc(F)cc2)CC1C. The van der Waals surface area contributed by atoms with Crippen LogP contribution in [0.5, 0.6) is 5.75 Å². The standard InChI is InChI=1S/C25H29FN4O3/c1-17-13-28(16-33-22-8-6-21(26)7-9-22)24-11-19(5-10-23(24)30(17)18(2)32)20-12-27-29(14-20)25(3,4)15-31/h5-12,14,17,31H,13,15-16H2,1-4H3. The Hall–Kier alpha value is -3.39. The molecule has 1 aromatic heterocycles. The summed E-state index contributed by atoms with van der Waals surface area (Å²) in [5, 5.41) is 14.1. The van der Waals surface area contributed by atoms with Crippen molar-refractivity contribution < 1.29 is 19.0 Å². The third-order valence-corrected chi connectivity index (χ3v) is 5.96. The van der Waals surface area contributed by atoms with E-state index in [0.29, 0.717) is 12.3 Å². The lowest BCUT2D eigenvalue weighted by molar-refractivity contribution is -0.117. The van der Waals surface area contributed by atoms with Gasteiger partial charge in [0.25, 0.3) is 0 Å². The Bertz CT molecular complexity index is 1140. The van der Waals surface area contributed by atoms with Crippen molar-refractivity contribution in [2.24, 2.45) is 0 Å². The van der Waals surface area contributed by atoms with Gasteiger partial charge in [-0.15, -0.1) is 0 Å². The maximum atomic E-state index is 13.2. The van der Waals surface area contributed by atoms with Crippen molar-refractivity contribution in [3.63, 3.8) is 0 Å². The second kappa shape index (κ2) is 8.86. The number of carbonyl (C=O) groups excluding carboxylic acids is 1. The van der Waals surface area contributed by atoms with Gasteiger partial charge in [0, 0.05) is 25.2 Å². The van der Waals surface area contributed by atoms with Gasteiger partial charge in [-0.3, -0.25) is 9.48 Å². The molecule has 1 amide bonds. The first kappa shape index (κ1) is 22.8. The Morgan fingerprint density at radius 1 is 1.18 bits per heavy atom. The van der Waals surface area contributed by atoms with E-state index in [9.17, 15) is 14.3 Å². The number of aliphatic hydroxyl groups excluding tert-OH is 1. The molecule has 2 heterocycles. The van der Waals surface area contributed by atoms with Crippen LogP contribution >= 0.6 is 0 Å². The van der Waals surface area contributed by atoms with Crippen LogP contribution in [0.1, 0.15) is 27.7 Å². The molecule has 0 saturated carbocycles. The quantitative estimate of drug-likeness (QED) is 0.612. The number of ether oxygens (including phenoxy) is 1. The molecule has 174 valence electrons. The summed E-state index contributed by atoms with van der Waals surface area (Å²) < 4.78 is 20.9. The molecule has 1 aliphatic rings. The van der Waals surface area contributed by atoms with Crippen LogP contribution in [0.2, 0.25) is 0 Å². The van der Waals surface area contributed by atoms with Crippen LogP contribution < -0.4 is 14.5 Å². The van der Waals surface area contributed by atoms with E-state index in [-0.39, 0.29) is 31.1 Å². The topological polar surface area (TPSA) is 70.8 Å². The number of aliphatic hydroxyl groups is 1. The lowest BCUT2D eigenvalue weighted by atomic mass is 10.0. The summed E-state index contributed by atoms with van der Waals surface area (Å²) in [7, 11) is 0. The average molecular weight is 453 g/mol. The van der Waals surface area contributed by atoms with E-state index < -0.39 is 5.54 Å². The fourth-order valence-corrected chi connectivity index (χ4v) is 4.06. The normalized spacial score (nSPS) is 16.0. The van der Waals surface area contributed by atoms with E-state index in [1.807, 2.05) is 45.2 Å². The molecule has 0 radical (unpaired) electrons. The third-order valence-electron chi connectivity index (χ3n) is 5.96. The molecule has 0 saturated heterocycles. The molecule has 0 spiro atoms. The number of rotatable bonds is 6. The van der Waals surface area contributed by atoms with Crippen LogP contribution in [0.4, 0.5) is 15.8 Å². The maximum absolute atomic E-state index is 13.2. The molecule has 1 unspecified atom stereocenters. The number of amides is 1. The Balaban J connectivity index is 1.68. The second-order valence-corrected chi connectivity index (χ2v) is 9.04. The Morgan fingerprint density at radius 3 is 2.58 bits per heavy atom. The molecule has 0 aliphatic carbocycles. The van der Waals surface area contributed by atoms with Crippen molar-refractivity contribution in [3.8, 4) is 16.9 Å². The molecule has 0 bridgehead atoms. The zero-order valence-corrected chi connectivity index (χ0v) is 19.3. The number of hydrogen-bond acceptors (Lipinski definition) is 5. The number of nitrogens with zero attached hydrogens (tertiary/aromatic N) is 4. The minimum absolute atomic E-state index is 0.0203. The van der Waals surface area contributed by atoms with Gasteiger partial charge in [0.2, 0.25) is 5.91 Å². The zero-order chi connectivity index (χ0) is 23.8. The summed E-state index contributed by atoms with van der Waals surface area (Å²) in [5.41, 5.74) is 3.03. The minimum Gasteiger partial charge on any atom is -0.473 e. The zero-order valence-electron chi connectivity index (χ0n) is 19.3. The van der Waals surface area contributed by atoms with Crippen molar-refractivity contribution in [2.45, 2.75) is 39.3 Å². The molecular weight excluding hydrogens is 423 g/mol. The molecule has 3 aromatic rings. The van der Waals surface area contributed by atoms with Gasteiger partial charge in [0.05, 0.1) is 35.8 Å². The predicted octanol–water partition coefficient (Wildman–Crippen LogP) is 4.01. The molecule has 2 aromatic carbocycles. The van der Waals surface area contributed by atoms with Gasteiger partial charge in [0.15, 0.2) is 6.73 Å². The van der Waals surface area contributed by atoms with E-state index in [4.69, 9.17) is 4.74 Å². The van der Waals surface area contributed by atoms with Gasteiger partial charge in [-0.05, 0) is 62.7 Å². The van der Waals surface area contributed by atoms with Gasteiger partial charge in [-0.25, -0.2) is 4.39 Å². The summed E-state index contributed by atoms with van der Waals surface area (Å²) in [5.74, 6) is 0.238. The predicted molar refractivity (Wildman–Crippen MR) is 126 cm³/mol. The Morgan fingerprint density at radius 2 is 1.91 bits per heavy atom. The molecule has 33 heavy (non-hydrogen) atoms. The van der Waals surface area contributed by atoms with Crippen molar-refractivity contribution in [3.05, 3.63) is 60.7 Å². The van der Waals surface area contributed by atoms with Gasteiger partial charge < -0.3 is 19.6 Å². The highest BCUT2D eigenvalue weighted by atomic mass is 19.1. The van der Waals surface area contributed by atoms with Crippen LogP contribution in [0, 0.1) is 5.82 Å². The summed E-state index contributed by atoms with van der Waals surface area (Å²) in [6.07, 6.45) is 3.68. The van der Waals surface area contributed by atoms with Gasteiger partial charge in [-0.1, -0.05) is 6.07 Å². The summed E-state index contributed by atoms with van der Waals surface area (Å²) in [6.45, 7) is 8.22. The smallest absolute Gasteiger partial charge is 0.224 e. The maximum Gasteiger partial charge on any atom is 0.224 e. The highest BCUT2D eigenvalue weighted by Gasteiger charge is 2.31. The summed E-state index contributed by atoms with van der Waals surface area (Å²) in [4.78, 5) is 16.3. The Labute approximate surface area is 193 Å². The summed E-state index contributed by atoms with van der Waals surface area (Å²) in [6, 6.07) is 11.8. The monoisotopic (exact) mass is 452 g/mol. The fraction of sp³-hybridized carbons (Fsp3) is 0.360. The lowest BCUT2D eigenvalue weighted by Crippen LogP contribution is -2.50. The number of hydrogen-bond donors (Lipinski definition) is 1. The summed E-state index contributed by atoms with van der Waals surface area (Å²) >= 11 is 0. The number of aromatic nitrogens is 2. The molecule has 7 nitrogen and oxygen atoms in total. The van der Waals surface area contributed by atoms with Gasteiger partial charge >= 0.3 is 0 Å². The van der Waals surface area contributed by atoms with E-state index in [1.165, 1.54) is 12.1 Å². The second-order valence-electron chi connectivity index (χ2n) is 9.04. The van der Waals surface area contributed by atoms with Gasteiger partial charge in [-0.2, -0.15) is 5.10 Å². The number of halogens is 1. The molecule has 4 rings (SSSR count). The fourth-order valence-electron chi connectivity index (χ4n) is 4.06. The molecule has 0 fully saturated rings. The van der Waals surface area contributed by atoms with E-state index in [2.05, 4.69) is 10.00 Å². The highest BCUT2D eigenvalue weighted by molar-refractivity contribution is 5.98.